The van der Waals surface area contributed by atoms with Crippen molar-refractivity contribution in [2.75, 3.05) is 18.0 Å². The minimum absolute atomic E-state index is 0.139. The molecule has 142 valence electrons. The Morgan fingerprint density at radius 2 is 1.81 bits per heavy atom. The van der Waals surface area contributed by atoms with Crippen LogP contribution >= 0.6 is 8.73 Å². The van der Waals surface area contributed by atoms with E-state index in [0.717, 1.165) is 31.7 Å². The maximum atomic E-state index is 6.19. The number of benzene rings is 1. The maximum Gasteiger partial charge on any atom is 0.101 e. The summed E-state index contributed by atoms with van der Waals surface area (Å²) in [5.74, 6) is 0.492. The van der Waals surface area contributed by atoms with Crippen LogP contribution in [0.1, 0.15) is 39.7 Å². The minimum atomic E-state index is -0.139. The molecule has 0 bridgehead atoms. The normalized spacial score (nSPS) is 32.2. The minimum Gasteiger partial charge on any atom is -0.375 e. The van der Waals surface area contributed by atoms with Crippen molar-refractivity contribution in [3.8, 4) is 12.8 Å². The zero-order valence-electron chi connectivity index (χ0n) is 16.2. The topological polar surface area (TPSA) is 30.9 Å². The highest BCUT2D eigenvalue weighted by molar-refractivity contribution is 7.42. The second-order valence-electron chi connectivity index (χ2n) is 8.26. The van der Waals surface area contributed by atoms with E-state index in [1.807, 2.05) is 0 Å². The Bertz CT molecular complexity index is 624. The fraction of sp³-hybridized carbons (Fsp3) is 0.619. The number of nitrogens with zero attached hydrogens (tertiary/aromatic N) is 1. The summed E-state index contributed by atoms with van der Waals surface area (Å²) in [5.41, 5.74) is 2.36. The summed E-state index contributed by atoms with van der Waals surface area (Å²) >= 11 is 0. The van der Waals surface area contributed by atoms with E-state index < -0.39 is 0 Å². The Labute approximate surface area is 159 Å². The lowest BCUT2D eigenvalue weighted by atomic mass is 9.94. The lowest BCUT2D eigenvalue weighted by Crippen LogP contribution is -2.38. The largest absolute Gasteiger partial charge is 0.375 e. The summed E-state index contributed by atoms with van der Waals surface area (Å²) in [6.07, 6.45) is 10.7. The van der Waals surface area contributed by atoms with Gasteiger partial charge in [-0.05, 0) is 44.4 Å². The molecule has 1 aromatic carbocycles. The predicted octanol–water partition coefficient (Wildman–Crippen LogP) is 4.18. The number of anilines is 1. The van der Waals surface area contributed by atoms with Crippen LogP contribution in [0.3, 0.4) is 0 Å². The summed E-state index contributed by atoms with van der Waals surface area (Å²) in [7, 11) is 0.630. The van der Waals surface area contributed by atoms with Gasteiger partial charge in [-0.3, -0.25) is 4.84 Å². The molecule has 0 saturated carbocycles. The first-order chi connectivity index (χ1) is 12.4. The maximum absolute atomic E-state index is 6.19. The van der Waals surface area contributed by atoms with Crippen molar-refractivity contribution in [3.05, 3.63) is 29.8 Å². The van der Waals surface area contributed by atoms with E-state index in [9.17, 15) is 0 Å². The summed E-state index contributed by atoms with van der Waals surface area (Å²) in [4.78, 5) is 8.25. The molecule has 5 heteroatoms. The van der Waals surface area contributed by atoms with E-state index in [1.165, 1.54) is 5.56 Å². The Morgan fingerprint density at radius 3 is 2.42 bits per heavy atom. The molecule has 0 amide bonds. The molecule has 0 spiro atoms. The molecule has 4 atom stereocenters. The van der Waals surface area contributed by atoms with E-state index in [2.05, 4.69) is 69.6 Å². The van der Waals surface area contributed by atoms with Gasteiger partial charge in [-0.15, -0.1) is 12.8 Å². The Hall–Kier alpha value is -1.11. The van der Waals surface area contributed by atoms with Gasteiger partial charge in [-0.2, -0.15) is 0 Å². The summed E-state index contributed by atoms with van der Waals surface area (Å²) in [6, 6.07) is 8.82. The first-order valence-corrected chi connectivity index (χ1v) is 10.2. The van der Waals surface area contributed by atoms with Crippen LogP contribution in [-0.4, -0.2) is 36.2 Å². The van der Waals surface area contributed by atoms with E-state index in [-0.39, 0.29) is 10.8 Å². The number of ether oxygens (including phenoxy) is 2. The third kappa shape index (κ3) is 3.64. The van der Waals surface area contributed by atoms with Crippen LogP contribution in [0.5, 0.6) is 0 Å². The van der Waals surface area contributed by atoms with E-state index >= 15 is 0 Å². The Balaban J connectivity index is 0.000000948. The van der Waals surface area contributed by atoms with Crippen LogP contribution in [0.15, 0.2) is 24.3 Å². The predicted molar refractivity (Wildman–Crippen MR) is 108 cm³/mol. The summed E-state index contributed by atoms with van der Waals surface area (Å²) in [6.45, 7) is 10.6. The molecule has 3 fully saturated rings. The monoisotopic (exact) mass is 375 g/mol. The molecule has 4 nitrogen and oxygen atoms in total. The van der Waals surface area contributed by atoms with E-state index in [4.69, 9.17) is 14.3 Å². The van der Waals surface area contributed by atoms with Gasteiger partial charge in [-0.1, -0.05) is 26.0 Å². The van der Waals surface area contributed by atoms with Crippen LogP contribution in [0.25, 0.3) is 0 Å². The highest BCUT2D eigenvalue weighted by atomic mass is 31.1. The van der Waals surface area contributed by atoms with Crippen LogP contribution in [0.2, 0.25) is 0 Å². The third-order valence-electron chi connectivity index (χ3n) is 5.94. The van der Waals surface area contributed by atoms with E-state index in [0.29, 0.717) is 26.9 Å². The summed E-state index contributed by atoms with van der Waals surface area (Å²) in [5, 5.41) is 0.154. The fourth-order valence-electron chi connectivity index (χ4n) is 3.67. The van der Waals surface area contributed by atoms with E-state index in [1.54, 1.807) is 0 Å². The van der Waals surface area contributed by atoms with Crippen molar-refractivity contribution in [2.45, 2.75) is 63.5 Å². The lowest BCUT2D eigenvalue weighted by molar-refractivity contribution is -0.00656. The molecule has 0 aliphatic carbocycles. The quantitative estimate of drug-likeness (QED) is 0.586. The average molecular weight is 375 g/mol. The first kappa shape index (κ1) is 19.6. The fourth-order valence-corrected chi connectivity index (χ4v) is 5.04. The highest BCUT2D eigenvalue weighted by Gasteiger charge is 2.48. The number of hydrogen-bond donors (Lipinski definition) is 0. The van der Waals surface area contributed by atoms with Crippen molar-refractivity contribution >= 4 is 14.4 Å². The number of terminal acetylenes is 1. The zero-order chi connectivity index (χ0) is 18.9. The highest BCUT2D eigenvalue weighted by Crippen LogP contribution is 2.53. The molecule has 26 heavy (non-hydrogen) atoms. The number of fused-ring (bicyclic) bond motifs is 1. The SMILES string of the molecule is C#C.CC1(C)ON(c2ccc(C[C@@H]3CO[C@H]4CCOC34)cc2)PC1(C)C. The average Bonchev–Trinajstić information content (AvgIpc) is 3.26. The molecule has 3 aliphatic rings. The van der Waals surface area contributed by atoms with Gasteiger partial charge in [-0.25, -0.2) is 4.83 Å². The first-order valence-electron chi connectivity index (χ1n) is 9.28. The van der Waals surface area contributed by atoms with Crippen LogP contribution in [0.4, 0.5) is 5.69 Å². The van der Waals surface area contributed by atoms with Crippen molar-refractivity contribution in [1.29, 1.82) is 0 Å². The third-order valence-corrected chi connectivity index (χ3v) is 7.66. The van der Waals surface area contributed by atoms with Crippen molar-refractivity contribution < 1.29 is 14.3 Å². The Kier molecular flexibility index (Phi) is 5.66. The second-order valence-corrected chi connectivity index (χ2v) is 10.1. The number of hydrogen-bond acceptors (Lipinski definition) is 4. The zero-order valence-corrected chi connectivity index (χ0v) is 17.2. The molecule has 2 unspecified atom stereocenters. The van der Waals surface area contributed by atoms with Gasteiger partial charge >= 0.3 is 0 Å². The number of rotatable bonds is 3. The van der Waals surface area contributed by atoms with Crippen molar-refractivity contribution in [2.24, 2.45) is 5.92 Å². The molecule has 1 aromatic rings. The van der Waals surface area contributed by atoms with Gasteiger partial charge < -0.3 is 9.47 Å². The summed E-state index contributed by atoms with van der Waals surface area (Å²) < 4.78 is 11.7. The van der Waals surface area contributed by atoms with Crippen LogP contribution < -0.4 is 4.83 Å². The standard InChI is InChI=1S/C19H28NO3P.C2H2/c1-18(2)19(3,4)24-20(23-18)15-7-5-13(6-8-15)11-14-12-22-16-9-10-21-17(14)16;1-2/h5-8,14,16-17,24H,9-12H2,1-4H3;1-2H/t14-,16+,17?;/m1./s1. The smallest absolute Gasteiger partial charge is 0.101 e. The molecule has 3 saturated heterocycles. The molecule has 0 radical (unpaired) electrons. The van der Waals surface area contributed by atoms with Gasteiger partial charge in [0.15, 0.2) is 0 Å². The second kappa shape index (κ2) is 7.49. The molecular weight excluding hydrogens is 345 g/mol. The van der Waals surface area contributed by atoms with Gasteiger partial charge in [0.25, 0.3) is 0 Å². The molecule has 3 heterocycles. The molecule has 0 N–H and O–H groups in total. The van der Waals surface area contributed by atoms with Gasteiger partial charge in [0.1, 0.15) is 5.60 Å². The molecular formula is C21H30NO3P. The molecule has 3 aliphatic heterocycles. The van der Waals surface area contributed by atoms with Gasteiger partial charge in [0.2, 0.25) is 0 Å². The van der Waals surface area contributed by atoms with Crippen LogP contribution in [-0.2, 0) is 20.7 Å². The molecule has 4 rings (SSSR count). The van der Waals surface area contributed by atoms with Gasteiger partial charge in [0.05, 0.1) is 24.5 Å². The Morgan fingerprint density at radius 1 is 1.12 bits per heavy atom. The lowest BCUT2D eigenvalue weighted by Gasteiger charge is -2.29. The van der Waals surface area contributed by atoms with Crippen molar-refractivity contribution in [1.82, 2.24) is 0 Å². The van der Waals surface area contributed by atoms with Gasteiger partial charge in [0, 0.05) is 26.4 Å². The van der Waals surface area contributed by atoms with Crippen molar-refractivity contribution in [3.63, 3.8) is 0 Å². The molecule has 0 aromatic heterocycles. The van der Waals surface area contributed by atoms with Crippen LogP contribution in [0, 0.1) is 18.8 Å².